The minimum absolute atomic E-state index is 0.328. The zero-order valence-corrected chi connectivity index (χ0v) is 8.14. The van der Waals surface area contributed by atoms with Gasteiger partial charge in [0.2, 0.25) is 0 Å². The lowest BCUT2D eigenvalue weighted by Gasteiger charge is -2.03. The van der Waals surface area contributed by atoms with Crippen molar-refractivity contribution < 1.29 is 9.18 Å². The van der Waals surface area contributed by atoms with Crippen LogP contribution in [0.3, 0.4) is 0 Å². The van der Waals surface area contributed by atoms with Crippen molar-refractivity contribution in [2.24, 2.45) is 7.05 Å². The van der Waals surface area contributed by atoms with Crippen LogP contribution >= 0.6 is 0 Å². The normalized spacial score (nSPS) is 10.3. The van der Waals surface area contributed by atoms with Crippen molar-refractivity contribution in [1.29, 1.82) is 0 Å². The first-order chi connectivity index (χ1) is 7.22. The number of rotatable bonds is 2. The van der Waals surface area contributed by atoms with Crippen LogP contribution in [0.1, 0.15) is 10.4 Å². The number of aryl methyl sites for hydroxylation is 1. The first-order valence-electron chi connectivity index (χ1n) is 4.45. The molecule has 0 radical (unpaired) electrons. The molecule has 0 unspecified atom stereocenters. The van der Waals surface area contributed by atoms with Gasteiger partial charge in [0, 0.05) is 12.6 Å². The summed E-state index contributed by atoms with van der Waals surface area (Å²) in [5.41, 5.74) is 1.74. The summed E-state index contributed by atoms with van der Waals surface area (Å²) >= 11 is 0. The van der Waals surface area contributed by atoms with Crippen LogP contribution in [0.25, 0.3) is 11.3 Å². The maximum Gasteiger partial charge on any atom is 0.153 e. The predicted molar refractivity (Wildman–Crippen MR) is 54.0 cm³/mol. The summed E-state index contributed by atoms with van der Waals surface area (Å²) in [6.07, 6.45) is 2.18. The molecule has 2 aromatic rings. The Hall–Kier alpha value is -1.97. The maximum absolute atomic E-state index is 13.0. The van der Waals surface area contributed by atoms with E-state index in [1.807, 2.05) is 0 Å². The molecule has 0 aliphatic heterocycles. The summed E-state index contributed by atoms with van der Waals surface area (Å²) in [4.78, 5) is 10.8. The number of carbonyl (C=O) groups is 1. The lowest BCUT2D eigenvalue weighted by Crippen LogP contribution is -1.95. The zero-order valence-electron chi connectivity index (χ0n) is 8.14. The number of aromatic nitrogens is 2. The summed E-state index contributed by atoms with van der Waals surface area (Å²) in [6.45, 7) is 0. The van der Waals surface area contributed by atoms with Crippen LogP contribution in [0.4, 0.5) is 4.39 Å². The van der Waals surface area contributed by atoms with Crippen molar-refractivity contribution in [2.45, 2.75) is 0 Å². The van der Waals surface area contributed by atoms with Crippen LogP contribution in [0.2, 0.25) is 0 Å². The van der Waals surface area contributed by atoms with Gasteiger partial charge in [-0.1, -0.05) is 12.1 Å². The largest absolute Gasteiger partial charge is 0.298 e. The third-order valence-corrected chi connectivity index (χ3v) is 2.19. The highest BCUT2D eigenvalue weighted by Gasteiger charge is 2.10. The Bertz CT molecular complexity index is 505. The molecule has 0 N–H and O–H groups in total. The highest BCUT2D eigenvalue weighted by Crippen LogP contribution is 2.22. The summed E-state index contributed by atoms with van der Waals surface area (Å²) in [5, 5.41) is 3.96. The van der Waals surface area contributed by atoms with Crippen molar-refractivity contribution in [1.82, 2.24) is 9.78 Å². The number of hydrogen-bond acceptors (Lipinski definition) is 2. The zero-order chi connectivity index (χ0) is 10.8. The third-order valence-electron chi connectivity index (χ3n) is 2.19. The number of nitrogens with zero attached hydrogens (tertiary/aromatic N) is 2. The van der Waals surface area contributed by atoms with Crippen LogP contribution in [0.15, 0.2) is 30.5 Å². The van der Waals surface area contributed by atoms with Gasteiger partial charge in [-0.05, 0) is 12.1 Å². The average Bonchev–Trinajstić information content (AvgIpc) is 2.59. The first-order valence-corrected chi connectivity index (χ1v) is 4.45. The Kier molecular flexibility index (Phi) is 2.33. The highest BCUT2D eigenvalue weighted by atomic mass is 19.1. The number of hydrogen-bond donors (Lipinski definition) is 0. The predicted octanol–water partition coefficient (Wildman–Crippen LogP) is 2.04. The van der Waals surface area contributed by atoms with E-state index in [4.69, 9.17) is 0 Å². The molecule has 15 heavy (non-hydrogen) atoms. The quantitative estimate of drug-likeness (QED) is 0.701. The Morgan fingerprint density at radius 2 is 2.27 bits per heavy atom. The van der Waals surface area contributed by atoms with Crippen LogP contribution in [0.5, 0.6) is 0 Å². The summed E-state index contributed by atoms with van der Waals surface area (Å²) < 4.78 is 14.6. The second kappa shape index (κ2) is 3.65. The van der Waals surface area contributed by atoms with Gasteiger partial charge in [-0.25, -0.2) is 4.39 Å². The number of benzene rings is 1. The van der Waals surface area contributed by atoms with Crippen molar-refractivity contribution >= 4 is 6.29 Å². The maximum atomic E-state index is 13.0. The molecule has 0 aliphatic rings. The van der Waals surface area contributed by atoms with Crippen LogP contribution in [0, 0.1) is 5.82 Å². The minimum atomic E-state index is -0.328. The molecule has 0 bridgehead atoms. The molecule has 0 spiro atoms. The third kappa shape index (κ3) is 1.66. The van der Waals surface area contributed by atoms with Crippen molar-refractivity contribution in [2.75, 3.05) is 0 Å². The molecule has 1 heterocycles. The minimum Gasteiger partial charge on any atom is -0.298 e. The van der Waals surface area contributed by atoms with Gasteiger partial charge in [-0.15, -0.1) is 0 Å². The Balaban J connectivity index is 2.62. The molecule has 0 fully saturated rings. The molecule has 0 atom stereocenters. The first kappa shape index (κ1) is 9.58. The van der Waals surface area contributed by atoms with Crippen LogP contribution in [-0.2, 0) is 7.05 Å². The fourth-order valence-corrected chi connectivity index (χ4v) is 1.53. The summed E-state index contributed by atoms with van der Waals surface area (Å²) in [5.74, 6) is -0.328. The SMILES string of the molecule is Cn1ncc(C=O)c1-c1cccc(F)c1. The van der Waals surface area contributed by atoms with Gasteiger partial charge in [-0.3, -0.25) is 9.48 Å². The van der Waals surface area contributed by atoms with Gasteiger partial charge in [0.25, 0.3) is 0 Å². The molecule has 1 aromatic heterocycles. The average molecular weight is 204 g/mol. The molecule has 1 aromatic carbocycles. The summed E-state index contributed by atoms with van der Waals surface area (Å²) in [7, 11) is 1.72. The van der Waals surface area contributed by atoms with Gasteiger partial charge in [-0.2, -0.15) is 5.10 Å². The Labute approximate surface area is 86.2 Å². The van der Waals surface area contributed by atoms with E-state index in [2.05, 4.69) is 5.10 Å². The van der Waals surface area contributed by atoms with E-state index in [1.165, 1.54) is 18.3 Å². The molecule has 2 rings (SSSR count). The molecule has 4 heteroatoms. The standard InChI is InChI=1S/C11H9FN2O/c1-14-11(9(7-15)6-13-14)8-3-2-4-10(12)5-8/h2-7H,1H3. The van der Waals surface area contributed by atoms with Crippen LogP contribution in [-0.4, -0.2) is 16.1 Å². The highest BCUT2D eigenvalue weighted by molar-refractivity contribution is 5.85. The van der Waals surface area contributed by atoms with E-state index < -0.39 is 0 Å². The van der Waals surface area contributed by atoms with E-state index in [9.17, 15) is 9.18 Å². The van der Waals surface area contributed by atoms with E-state index in [0.717, 1.165) is 0 Å². The van der Waals surface area contributed by atoms with Crippen molar-refractivity contribution in [3.05, 3.63) is 41.8 Å². The molecule has 76 valence electrons. The lowest BCUT2D eigenvalue weighted by atomic mass is 10.1. The molecule has 0 aliphatic carbocycles. The fourth-order valence-electron chi connectivity index (χ4n) is 1.53. The second-order valence-electron chi connectivity index (χ2n) is 3.20. The lowest BCUT2D eigenvalue weighted by molar-refractivity contribution is 0.112. The number of aldehydes is 1. The van der Waals surface area contributed by atoms with E-state index >= 15 is 0 Å². The molecule has 0 amide bonds. The molecule has 0 saturated heterocycles. The molecule has 3 nitrogen and oxygen atoms in total. The van der Waals surface area contributed by atoms with E-state index in [0.29, 0.717) is 23.1 Å². The van der Waals surface area contributed by atoms with Gasteiger partial charge in [0.15, 0.2) is 6.29 Å². The monoisotopic (exact) mass is 204 g/mol. The fraction of sp³-hybridized carbons (Fsp3) is 0.0909. The number of halogens is 1. The molecular formula is C11H9FN2O. The van der Waals surface area contributed by atoms with Gasteiger partial charge in [0.1, 0.15) is 5.82 Å². The Morgan fingerprint density at radius 1 is 1.47 bits per heavy atom. The van der Waals surface area contributed by atoms with Gasteiger partial charge in [0.05, 0.1) is 17.5 Å². The topological polar surface area (TPSA) is 34.9 Å². The van der Waals surface area contributed by atoms with Gasteiger partial charge >= 0.3 is 0 Å². The van der Waals surface area contributed by atoms with Crippen molar-refractivity contribution in [3.63, 3.8) is 0 Å². The van der Waals surface area contributed by atoms with Crippen LogP contribution < -0.4 is 0 Å². The molecular weight excluding hydrogens is 195 g/mol. The van der Waals surface area contributed by atoms with E-state index in [1.54, 1.807) is 23.9 Å². The summed E-state index contributed by atoms with van der Waals surface area (Å²) in [6, 6.07) is 6.09. The number of carbonyl (C=O) groups excluding carboxylic acids is 1. The van der Waals surface area contributed by atoms with E-state index in [-0.39, 0.29) is 5.82 Å². The van der Waals surface area contributed by atoms with Crippen molar-refractivity contribution in [3.8, 4) is 11.3 Å². The smallest absolute Gasteiger partial charge is 0.153 e. The Morgan fingerprint density at radius 3 is 2.93 bits per heavy atom. The molecule has 0 saturated carbocycles. The second-order valence-corrected chi connectivity index (χ2v) is 3.20. The van der Waals surface area contributed by atoms with Gasteiger partial charge < -0.3 is 0 Å².